The van der Waals surface area contributed by atoms with Gasteiger partial charge in [0, 0.05) is 24.7 Å². The monoisotopic (exact) mass is 624 g/mol. The van der Waals surface area contributed by atoms with Crippen LogP contribution in [0.1, 0.15) is 41.5 Å². The number of amides is 3. The number of pyridine rings is 1. The smallest absolute Gasteiger partial charge is 0.254 e. The van der Waals surface area contributed by atoms with Crippen LogP contribution in [0, 0.1) is 32.6 Å². The van der Waals surface area contributed by atoms with Crippen LogP contribution in [0.2, 0.25) is 0 Å². The van der Waals surface area contributed by atoms with Crippen LogP contribution in [0.3, 0.4) is 0 Å². The molecule has 1 aliphatic rings. The van der Waals surface area contributed by atoms with Crippen molar-refractivity contribution in [3.63, 3.8) is 0 Å². The van der Waals surface area contributed by atoms with Gasteiger partial charge in [0.05, 0.1) is 23.8 Å². The van der Waals surface area contributed by atoms with E-state index in [-0.39, 0.29) is 22.4 Å². The van der Waals surface area contributed by atoms with Crippen LogP contribution in [0.15, 0.2) is 41.4 Å². The number of methoxy groups -OCH3 is 1. The van der Waals surface area contributed by atoms with Gasteiger partial charge >= 0.3 is 0 Å². The number of ether oxygens (including phenoxy) is 1. The Kier molecular flexibility index (Phi) is 9.21. The third-order valence-corrected chi connectivity index (χ3v) is 11.3. The Morgan fingerprint density at radius 1 is 1.02 bits per heavy atom. The van der Waals surface area contributed by atoms with E-state index in [1.807, 2.05) is 0 Å². The second-order valence-electron chi connectivity index (χ2n) is 11.5. The molecule has 1 aliphatic heterocycles. The van der Waals surface area contributed by atoms with E-state index in [1.165, 1.54) is 26.3 Å². The summed E-state index contributed by atoms with van der Waals surface area (Å²) in [5, 5.41) is 1.40. The maximum absolute atomic E-state index is 14.6. The lowest BCUT2D eigenvalue weighted by atomic mass is 9.79. The maximum atomic E-state index is 14.6. The normalized spacial score (nSPS) is 16.6. The molecule has 0 radical (unpaired) electrons. The molecular weight excluding hydrogens is 584 g/mol. The molecule has 0 aliphatic carbocycles. The highest BCUT2D eigenvalue weighted by atomic mass is 32.2. The zero-order valence-corrected chi connectivity index (χ0v) is 26.2. The quantitative estimate of drug-likeness (QED) is 0.257. The summed E-state index contributed by atoms with van der Waals surface area (Å²) in [6.07, 6.45) is 3.76. The molecule has 1 fully saturated rings. The number of carbonyl (C=O) groups is 3. The number of primary amides is 2. The fourth-order valence-corrected chi connectivity index (χ4v) is 8.56. The summed E-state index contributed by atoms with van der Waals surface area (Å²) in [7, 11) is -3.50. The van der Waals surface area contributed by atoms with E-state index in [2.05, 4.69) is 4.98 Å². The molecule has 2 heterocycles. The number of hydrogen-bond donors (Lipinski definition) is 4. The van der Waals surface area contributed by atoms with Gasteiger partial charge in [-0.15, -0.1) is 0 Å². The number of sulfone groups is 1. The van der Waals surface area contributed by atoms with Crippen LogP contribution >= 0.6 is 0 Å². The molecule has 236 valence electrons. The number of aryl methyl sites for hydroxylation is 1. The SMILES string of the molecule is COc1cc(C)c(S(=O)(=O)C(N)(C(N)=O)C(C(N)=O)C(Cc2ccc3c(N)nccc3c2)C(=O)N2CCCCC2)c(C)c1C. The van der Waals surface area contributed by atoms with Gasteiger partial charge in [-0.3, -0.25) is 14.4 Å². The third kappa shape index (κ3) is 5.57. The van der Waals surface area contributed by atoms with Gasteiger partial charge in [0.1, 0.15) is 11.6 Å². The van der Waals surface area contributed by atoms with Crippen LogP contribution < -0.4 is 27.7 Å². The molecule has 0 bridgehead atoms. The van der Waals surface area contributed by atoms with Crippen LogP contribution in [0.5, 0.6) is 5.75 Å². The number of aromatic nitrogens is 1. The largest absolute Gasteiger partial charge is 0.496 e. The maximum Gasteiger partial charge on any atom is 0.254 e. The zero-order chi connectivity index (χ0) is 32.6. The number of piperidine rings is 1. The molecule has 12 nitrogen and oxygen atoms in total. The fraction of sp³-hybridized carbons (Fsp3) is 0.419. The molecule has 3 unspecified atom stereocenters. The van der Waals surface area contributed by atoms with Crippen LogP contribution in [-0.2, 0) is 30.6 Å². The molecule has 8 N–H and O–H groups in total. The van der Waals surface area contributed by atoms with Crippen molar-refractivity contribution in [3.05, 3.63) is 58.8 Å². The summed E-state index contributed by atoms with van der Waals surface area (Å²) in [4.78, 5) is 43.3. The second-order valence-corrected chi connectivity index (χ2v) is 13.6. The minimum Gasteiger partial charge on any atom is -0.496 e. The molecular formula is C31H40N6O6S. The van der Waals surface area contributed by atoms with Crippen molar-refractivity contribution in [2.75, 3.05) is 25.9 Å². The van der Waals surface area contributed by atoms with E-state index in [1.54, 1.807) is 43.0 Å². The van der Waals surface area contributed by atoms with E-state index in [4.69, 9.17) is 27.7 Å². The number of nitrogens with zero attached hydrogens (tertiary/aromatic N) is 2. The lowest BCUT2D eigenvalue weighted by Crippen LogP contribution is -2.68. The number of nitrogen functional groups attached to an aromatic ring is 1. The van der Waals surface area contributed by atoms with E-state index >= 15 is 0 Å². The minimum atomic E-state index is -4.94. The Morgan fingerprint density at radius 2 is 1.68 bits per heavy atom. The predicted molar refractivity (Wildman–Crippen MR) is 167 cm³/mol. The molecule has 3 atom stereocenters. The molecule has 44 heavy (non-hydrogen) atoms. The van der Waals surface area contributed by atoms with Crippen molar-refractivity contribution >= 4 is 44.1 Å². The number of hydrogen-bond acceptors (Lipinski definition) is 9. The van der Waals surface area contributed by atoms with Crippen LogP contribution in [0.4, 0.5) is 5.82 Å². The van der Waals surface area contributed by atoms with Gasteiger partial charge in [-0.25, -0.2) is 13.4 Å². The summed E-state index contributed by atoms with van der Waals surface area (Å²) >= 11 is 0. The van der Waals surface area contributed by atoms with Gasteiger partial charge in [0.15, 0.2) is 0 Å². The Bertz CT molecular complexity index is 1740. The molecule has 3 amide bonds. The van der Waals surface area contributed by atoms with Crippen molar-refractivity contribution < 1.29 is 27.5 Å². The first-order chi connectivity index (χ1) is 20.7. The van der Waals surface area contributed by atoms with Gasteiger partial charge in [-0.1, -0.05) is 18.2 Å². The molecule has 13 heteroatoms. The van der Waals surface area contributed by atoms with Crippen molar-refractivity contribution in [1.82, 2.24) is 9.88 Å². The fourth-order valence-electron chi connectivity index (χ4n) is 6.31. The van der Waals surface area contributed by atoms with E-state index in [9.17, 15) is 22.8 Å². The number of nitrogens with two attached hydrogens (primary N) is 4. The lowest BCUT2D eigenvalue weighted by Gasteiger charge is -2.39. The first kappa shape index (κ1) is 32.7. The summed E-state index contributed by atoms with van der Waals surface area (Å²) < 4.78 is 34.5. The second kappa shape index (κ2) is 12.4. The molecule has 1 aromatic heterocycles. The summed E-state index contributed by atoms with van der Waals surface area (Å²) in [5.74, 6) is -5.98. The topological polar surface area (TPSA) is 215 Å². The Hall–Kier alpha value is -4.23. The van der Waals surface area contributed by atoms with Crippen LogP contribution in [0.25, 0.3) is 10.8 Å². The highest BCUT2D eigenvalue weighted by Crippen LogP contribution is 2.40. The Balaban J connectivity index is 1.94. The molecule has 3 aromatic rings. The molecule has 1 saturated heterocycles. The van der Waals surface area contributed by atoms with E-state index < -0.39 is 44.3 Å². The molecule has 4 rings (SSSR count). The van der Waals surface area contributed by atoms with Gasteiger partial charge in [-0.2, -0.15) is 0 Å². The zero-order valence-electron chi connectivity index (χ0n) is 25.4. The Morgan fingerprint density at radius 3 is 2.27 bits per heavy atom. The van der Waals surface area contributed by atoms with Crippen molar-refractivity contribution in [1.29, 1.82) is 0 Å². The average molecular weight is 625 g/mol. The first-order valence-electron chi connectivity index (χ1n) is 14.4. The number of carbonyl (C=O) groups excluding carboxylic acids is 3. The number of anilines is 1. The molecule has 2 aromatic carbocycles. The standard InChI is InChI=1S/C31H40N6O6S/c1-17-14-24(43-4)18(2)19(3)26(17)44(41,42)31(35,30(34)40)25(28(33)38)23(29(39)37-12-6-5-7-13-37)16-20-8-9-22-21(15-20)10-11-36-27(22)32/h8-11,14-15,23,25H,5-7,12-13,16,35H2,1-4H3,(H2,32,36)(H2,33,38)(H2,34,40). The highest BCUT2D eigenvalue weighted by molar-refractivity contribution is 7.93. The average Bonchev–Trinajstić information content (AvgIpc) is 2.98. The number of rotatable bonds is 10. The summed E-state index contributed by atoms with van der Waals surface area (Å²) in [6, 6.07) is 8.43. The number of fused-ring (bicyclic) bond motifs is 1. The highest BCUT2D eigenvalue weighted by Gasteiger charge is 2.60. The van der Waals surface area contributed by atoms with Crippen LogP contribution in [-0.4, -0.2) is 61.1 Å². The van der Waals surface area contributed by atoms with E-state index in [0.29, 0.717) is 41.2 Å². The third-order valence-electron chi connectivity index (χ3n) is 8.77. The minimum absolute atomic E-state index is 0.150. The van der Waals surface area contributed by atoms with Gasteiger partial charge < -0.3 is 32.6 Å². The molecule has 0 saturated carbocycles. The summed E-state index contributed by atoms with van der Waals surface area (Å²) in [6.45, 7) is 5.53. The molecule has 0 spiro atoms. The first-order valence-corrected chi connectivity index (χ1v) is 15.8. The summed E-state index contributed by atoms with van der Waals surface area (Å²) in [5.41, 5.74) is 25.9. The number of benzene rings is 2. The van der Waals surface area contributed by atoms with Gasteiger partial charge in [-0.05, 0) is 86.2 Å². The number of likely N-dealkylation sites (tertiary alicyclic amines) is 1. The Labute approximate surface area is 257 Å². The van der Waals surface area contributed by atoms with Gasteiger partial charge in [0.25, 0.3) is 5.91 Å². The van der Waals surface area contributed by atoms with Crippen molar-refractivity contribution in [2.45, 2.75) is 56.2 Å². The lowest BCUT2D eigenvalue weighted by molar-refractivity contribution is -0.144. The predicted octanol–water partition coefficient (Wildman–Crippen LogP) is 1.64. The van der Waals surface area contributed by atoms with Crippen molar-refractivity contribution in [3.8, 4) is 5.75 Å². The van der Waals surface area contributed by atoms with Crippen molar-refractivity contribution in [2.24, 2.45) is 29.0 Å². The van der Waals surface area contributed by atoms with E-state index in [0.717, 1.165) is 24.6 Å². The van der Waals surface area contributed by atoms with Gasteiger partial charge in [0.2, 0.25) is 26.5 Å².